The van der Waals surface area contributed by atoms with Gasteiger partial charge in [0.1, 0.15) is 11.6 Å². The van der Waals surface area contributed by atoms with E-state index in [-0.39, 0.29) is 11.7 Å². The zero-order valence-electron chi connectivity index (χ0n) is 13.5. The van der Waals surface area contributed by atoms with Crippen molar-refractivity contribution >= 4 is 0 Å². The molecule has 2 heterocycles. The third kappa shape index (κ3) is 2.49. The van der Waals surface area contributed by atoms with E-state index in [2.05, 4.69) is 5.32 Å². The number of methoxy groups -OCH3 is 1. The number of hydrogen-bond acceptors (Lipinski definition) is 4. The Morgan fingerprint density at radius 2 is 1.75 bits per heavy atom. The molecule has 1 unspecified atom stereocenters. The Morgan fingerprint density at radius 3 is 2.46 bits per heavy atom. The van der Waals surface area contributed by atoms with Crippen molar-refractivity contribution in [2.45, 2.75) is 18.6 Å². The Balaban J connectivity index is 1.76. The van der Waals surface area contributed by atoms with Crippen LogP contribution in [0.4, 0.5) is 4.39 Å². The van der Waals surface area contributed by atoms with E-state index in [0.717, 1.165) is 37.2 Å². The Hall–Kier alpha value is -2.27. The van der Waals surface area contributed by atoms with Crippen LogP contribution in [-0.4, -0.2) is 20.2 Å². The van der Waals surface area contributed by atoms with E-state index in [9.17, 15) is 4.39 Å². The van der Waals surface area contributed by atoms with Gasteiger partial charge in [0.05, 0.1) is 7.11 Å². The molecule has 126 valence electrons. The average Bonchev–Trinajstić information content (AvgIpc) is 3.02. The second kappa shape index (κ2) is 5.98. The molecule has 5 heteroatoms. The van der Waals surface area contributed by atoms with E-state index in [1.54, 1.807) is 13.2 Å². The SMILES string of the molecule is COc1ccc(C2(C3CCNCC3)Oc3ccc(F)cc3O2)cc1. The zero-order chi connectivity index (χ0) is 16.6. The summed E-state index contributed by atoms with van der Waals surface area (Å²) in [5.74, 6) is 0.775. The molecule has 1 N–H and O–H groups in total. The molecule has 1 atom stereocenters. The van der Waals surface area contributed by atoms with Gasteiger partial charge in [-0.05, 0) is 62.3 Å². The van der Waals surface area contributed by atoms with Gasteiger partial charge in [-0.1, -0.05) is 0 Å². The first-order valence-corrected chi connectivity index (χ1v) is 8.24. The topological polar surface area (TPSA) is 39.7 Å². The van der Waals surface area contributed by atoms with Crippen LogP contribution in [0.1, 0.15) is 18.4 Å². The second-order valence-corrected chi connectivity index (χ2v) is 6.22. The van der Waals surface area contributed by atoms with Crippen molar-refractivity contribution in [2.75, 3.05) is 20.2 Å². The fraction of sp³-hybridized carbons (Fsp3) is 0.368. The van der Waals surface area contributed by atoms with Crippen LogP contribution in [0.2, 0.25) is 0 Å². The highest BCUT2D eigenvalue weighted by molar-refractivity contribution is 5.46. The number of ether oxygens (including phenoxy) is 3. The summed E-state index contributed by atoms with van der Waals surface area (Å²) in [6.07, 6.45) is 1.87. The van der Waals surface area contributed by atoms with E-state index in [4.69, 9.17) is 14.2 Å². The van der Waals surface area contributed by atoms with Crippen molar-refractivity contribution in [2.24, 2.45) is 5.92 Å². The molecule has 2 aliphatic heterocycles. The molecule has 2 aromatic rings. The number of nitrogens with one attached hydrogen (secondary N) is 1. The highest BCUT2D eigenvalue weighted by atomic mass is 19.1. The summed E-state index contributed by atoms with van der Waals surface area (Å²) < 4.78 is 31.4. The van der Waals surface area contributed by atoms with E-state index < -0.39 is 5.79 Å². The lowest BCUT2D eigenvalue weighted by molar-refractivity contribution is -0.142. The number of fused-ring (bicyclic) bond motifs is 1. The van der Waals surface area contributed by atoms with Gasteiger partial charge in [0.15, 0.2) is 11.5 Å². The fourth-order valence-electron chi connectivity index (χ4n) is 3.54. The number of hydrogen-bond donors (Lipinski definition) is 1. The largest absolute Gasteiger partial charge is 0.497 e. The van der Waals surface area contributed by atoms with Gasteiger partial charge in [0.2, 0.25) is 0 Å². The summed E-state index contributed by atoms with van der Waals surface area (Å²) in [7, 11) is 1.64. The smallest absolute Gasteiger partial charge is 0.281 e. The molecule has 2 aromatic carbocycles. The molecule has 0 amide bonds. The number of piperidine rings is 1. The summed E-state index contributed by atoms with van der Waals surface area (Å²) in [6.45, 7) is 1.83. The van der Waals surface area contributed by atoms with Gasteiger partial charge in [-0.15, -0.1) is 0 Å². The van der Waals surface area contributed by atoms with Crippen LogP contribution in [0, 0.1) is 11.7 Å². The van der Waals surface area contributed by atoms with Gasteiger partial charge in [0, 0.05) is 17.5 Å². The molecule has 0 aromatic heterocycles. The van der Waals surface area contributed by atoms with Crippen LogP contribution in [0.5, 0.6) is 17.2 Å². The lowest BCUT2D eigenvalue weighted by Gasteiger charge is -2.38. The quantitative estimate of drug-likeness (QED) is 0.936. The van der Waals surface area contributed by atoms with Gasteiger partial charge in [0.25, 0.3) is 5.79 Å². The van der Waals surface area contributed by atoms with Crippen LogP contribution in [0.25, 0.3) is 0 Å². The molecule has 4 rings (SSSR count). The Morgan fingerprint density at radius 1 is 1.04 bits per heavy atom. The molecule has 1 fully saturated rings. The third-order valence-corrected chi connectivity index (χ3v) is 4.80. The molecule has 0 aliphatic carbocycles. The summed E-state index contributed by atoms with van der Waals surface area (Å²) in [5.41, 5.74) is 0.923. The maximum absolute atomic E-state index is 13.6. The first-order valence-electron chi connectivity index (χ1n) is 8.24. The Labute approximate surface area is 140 Å². The summed E-state index contributed by atoms with van der Waals surface area (Å²) in [4.78, 5) is 0. The van der Waals surface area contributed by atoms with E-state index in [1.807, 2.05) is 24.3 Å². The second-order valence-electron chi connectivity index (χ2n) is 6.22. The maximum atomic E-state index is 13.6. The minimum absolute atomic E-state index is 0.183. The highest BCUT2D eigenvalue weighted by Gasteiger charge is 2.50. The van der Waals surface area contributed by atoms with Gasteiger partial charge in [-0.3, -0.25) is 0 Å². The normalized spacial score (nSPS) is 23.2. The van der Waals surface area contributed by atoms with Gasteiger partial charge in [-0.25, -0.2) is 4.39 Å². The number of halogens is 1. The standard InChI is InChI=1S/C19H20FNO3/c1-22-16-5-2-13(3-6-16)19(14-8-10-21-11-9-14)23-17-7-4-15(20)12-18(17)24-19/h2-7,12,14,21H,8-11H2,1H3. The summed E-state index contributed by atoms with van der Waals surface area (Å²) in [6, 6.07) is 12.1. The molecular formula is C19H20FNO3. The lowest BCUT2D eigenvalue weighted by atomic mass is 9.84. The van der Waals surface area contributed by atoms with Gasteiger partial charge < -0.3 is 19.5 Å². The molecule has 0 spiro atoms. The van der Waals surface area contributed by atoms with Crippen LogP contribution in [-0.2, 0) is 5.79 Å². The molecule has 0 bridgehead atoms. The molecular weight excluding hydrogens is 309 g/mol. The van der Waals surface area contributed by atoms with Crippen LogP contribution < -0.4 is 19.5 Å². The first-order chi connectivity index (χ1) is 11.7. The Kier molecular flexibility index (Phi) is 3.81. The predicted molar refractivity (Wildman–Crippen MR) is 87.9 cm³/mol. The highest BCUT2D eigenvalue weighted by Crippen LogP contribution is 2.50. The third-order valence-electron chi connectivity index (χ3n) is 4.80. The van der Waals surface area contributed by atoms with Crippen molar-refractivity contribution < 1.29 is 18.6 Å². The summed E-state index contributed by atoms with van der Waals surface area (Å²) >= 11 is 0. The van der Waals surface area contributed by atoms with Gasteiger partial charge in [-0.2, -0.15) is 0 Å². The van der Waals surface area contributed by atoms with Crippen molar-refractivity contribution in [3.8, 4) is 17.2 Å². The maximum Gasteiger partial charge on any atom is 0.281 e. The van der Waals surface area contributed by atoms with Crippen molar-refractivity contribution in [3.63, 3.8) is 0 Å². The van der Waals surface area contributed by atoms with Crippen LogP contribution in [0.15, 0.2) is 42.5 Å². The van der Waals surface area contributed by atoms with Crippen LogP contribution >= 0.6 is 0 Å². The number of benzene rings is 2. The molecule has 1 saturated heterocycles. The molecule has 0 radical (unpaired) electrons. The molecule has 24 heavy (non-hydrogen) atoms. The fourth-order valence-corrected chi connectivity index (χ4v) is 3.54. The van der Waals surface area contributed by atoms with E-state index in [0.29, 0.717) is 11.5 Å². The number of rotatable bonds is 3. The predicted octanol–water partition coefficient (Wildman–Crippen LogP) is 3.46. The zero-order valence-corrected chi connectivity index (χ0v) is 13.5. The minimum Gasteiger partial charge on any atom is -0.497 e. The first kappa shape index (κ1) is 15.3. The van der Waals surface area contributed by atoms with Crippen LogP contribution in [0.3, 0.4) is 0 Å². The van der Waals surface area contributed by atoms with E-state index in [1.165, 1.54) is 12.1 Å². The van der Waals surface area contributed by atoms with E-state index >= 15 is 0 Å². The van der Waals surface area contributed by atoms with Crippen molar-refractivity contribution in [3.05, 3.63) is 53.8 Å². The Bertz CT molecular complexity index is 728. The monoisotopic (exact) mass is 329 g/mol. The molecule has 2 aliphatic rings. The van der Waals surface area contributed by atoms with Crippen molar-refractivity contribution in [1.82, 2.24) is 5.32 Å². The van der Waals surface area contributed by atoms with Crippen molar-refractivity contribution in [1.29, 1.82) is 0 Å². The lowest BCUT2D eigenvalue weighted by Crippen LogP contribution is -2.47. The van der Waals surface area contributed by atoms with Gasteiger partial charge >= 0.3 is 0 Å². The molecule has 0 saturated carbocycles. The minimum atomic E-state index is -0.912. The summed E-state index contributed by atoms with van der Waals surface area (Å²) in [5, 5.41) is 3.36. The average molecular weight is 329 g/mol. The molecule has 4 nitrogen and oxygen atoms in total.